The minimum absolute atomic E-state index is 0.0519. The second-order valence-corrected chi connectivity index (χ2v) is 9.20. The lowest BCUT2D eigenvalue weighted by atomic mass is 9.48. The predicted octanol–water partition coefficient (Wildman–Crippen LogP) is 4.62. The number of rotatable bonds is 2. The fraction of sp³-hybridized carbons (Fsp3) is 0.727. The van der Waals surface area contributed by atoms with Gasteiger partial charge in [-0.25, -0.2) is 0 Å². The van der Waals surface area contributed by atoms with Gasteiger partial charge in [-0.3, -0.25) is 9.59 Å². The lowest BCUT2D eigenvalue weighted by Gasteiger charge is -2.56. The van der Waals surface area contributed by atoms with Gasteiger partial charge in [0.25, 0.3) is 0 Å². The van der Waals surface area contributed by atoms with Gasteiger partial charge in [-0.2, -0.15) is 0 Å². The van der Waals surface area contributed by atoms with Gasteiger partial charge in [0, 0.05) is 11.8 Å². The third-order valence-corrected chi connectivity index (χ3v) is 7.87. The van der Waals surface area contributed by atoms with Crippen LogP contribution in [0.5, 0.6) is 0 Å². The Balaban J connectivity index is 1.58. The van der Waals surface area contributed by atoms with Gasteiger partial charge in [-0.15, -0.1) is 0 Å². The van der Waals surface area contributed by atoms with Crippen LogP contribution in [0.25, 0.3) is 0 Å². The lowest BCUT2D eigenvalue weighted by molar-refractivity contribution is -0.148. The first-order valence-corrected chi connectivity index (χ1v) is 9.99. The lowest BCUT2D eigenvalue weighted by Crippen LogP contribution is -2.48. The molecule has 0 aromatic rings. The van der Waals surface area contributed by atoms with Gasteiger partial charge in [0.05, 0.1) is 0 Å². The van der Waals surface area contributed by atoms with E-state index < -0.39 is 0 Å². The molecule has 4 aliphatic carbocycles. The number of hydrogen-bond donors (Lipinski definition) is 0. The number of ketones is 1. The van der Waals surface area contributed by atoms with Gasteiger partial charge in [0.1, 0.15) is 6.10 Å². The average Bonchev–Trinajstić information content (AvgIpc) is 2.91. The van der Waals surface area contributed by atoms with Crippen LogP contribution in [0, 0.1) is 28.6 Å². The highest BCUT2D eigenvalue weighted by Gasteiger charge is 2.57. The van der Waals surface area contributed by atoms with E-state index in [1.807, 2.05) is 13.0 Å². The summed E-state index contributed by atoms with van der Waals surface area (Å²) in [5, 5.41) is 0. The van der Waals surface area contributed by atoms with Crippen molar-refractivity contribution in [3.63, 3.8) is 0 Å². The van der Waals surface area contributed by atoms with Crippen molar-refractivity contribution in [2.24, 2.45) is 28.6 Å². The molecule has 0 heterocycles. The second kappa shape index (κ2) is 5.82. The average molecular weight is 342 g/mol. The number of fused-ring (bicyclic) bond motifs is 5. The maximum Gasteiger partial charge on any atom is 0.305 e. The van der Waals surface area contributed by atoms with Gasteiger partial charge < -0.3 is 4.74 Å². The summed E-state index contributed by atoms with van der Waals surface area (Å²) in [5.41, 5.74) is 1.71. The fourth-order valence-corrected chi connectivity index (χ4v) is 6.55. The van der Waals surface area contributed by atoms with Crippen LogP contribution in [-0.4, -0.2) is 17.9 Å². The molecule has 3 heteroatoms. The molecule has 136 valence electrons. The number of hydrogen-bond acceptors (Lipinski definition) is 3. The first-order chi connectivity index (χ1) is 11.9. The number of carbonyl (C=O) groups excluding carboxylic acids is 2. The molecule has 3 nitrogen and oxygen atoms in total. The molecule has 0 saturated heterocycles. The molecule has 4 aliphatic rings. The van der Waals surface area contributed by atoms with Crippen molar-refractivity contribution in [1.82, 2.24) is 0 Å². The smallest absolute Gasteiger partial charge is 0.305 e. The predicted molar refractivity (Wildman–Crippen MR) is 96.8 cm³/mol. The summed E-state index contributed by atoms with van der Waals surface area (Å²) in [5.74, 6) is 2.04. The maximum atomic E-state index is 11.8. The number of carbonyl (C=O) groups is 2. The Morgan fingerprint density at radius 1 is 1.28 bits per heavy atom. The van der Waals surface area contributed by atoms with Gasteiger partial charge in [-0.05, 0) is 73.8 Å². The van der Waals surface area contributed by atoms with Gasteiger partial charge >= 0.3 is 5.97 Å². The van der Waals surface area contributed by atoms with Gasteiger partial charge in [0.2, 0.25) is 0 Å². The third-order valence-electron chi connectivity index (χ3n) is 7.87. The Labute approximate surface area is 150 Å². The van der Waals surface area contributed by atoms with Crippen molar-refractivity contribution < 1.29 is 14.3 Å². The Hall–Kier alpha value is -1.38. The molecule has 0 aromatic carbocycles. The van der Waals surface area contributed by atoms with Crippen LogP contribution in [0.3, 0.4) is 0 Å². The molecule has 0 bridgehead atoms. The molecule has 0 N–H and O–H groups in total. The summed E-state index contributed by atoms with van der Waals surface area (Å²) in [6.07, 6.45) is 13.1. The molecule has 0 spiro atoms. The molecule has 6 atom stereocenters. The van der Waals surface area contributed by atoms with Gasteiger partial charge in [0.15, 0.2) is 5.78 Å². The zero-order chi connectivity index (χ0) is 17.8. The summed E-state index contributed by atoms with van der Waals surface area (Å²) in [6.45, 7) is 6.63. The standard InChI is InChI=1S/C22H30O3/c1-4-20(24)25-16-12-19-17-6-5-14-11-15(23)7-10-22(14,3)18(17)8-9-21(19,2)13-16/h7,10-11,16-19H,4-6,8-9,12-13H2,1-3H3/t16-,17+,18+,19-,21+,22-/m0/s1. The maximum absolute atomic E-state index is 11.8. The SMILES string of the molecule is CCC(=O)O[C@H]1C[C@H]2[C@@H]3CCC4=CC(=O)C=C[C@]4(C)[C@@H]3CC[C@]2(C)C1. The molecule has 0 radical (unpaired) electrons. The summed E-state index contributed by atoms with van der Waals surface area (Å²) in [6, 6.07) is 0. The van der Waals surface area contributed by atoms with Crippen molar-refractivity contribution in [1.29, 1.82) is 0 Å². The molecule has 0 aliphatic heterocycles. The zero-order valence-corrected chi connectivity index (χ0v) is 15.7. The first-order valence-electron chi connectivity index (χ1n) is 9.99. The first kappa shape index (κ1) is 17.1. The monoisotopic (exact) mass is 342 g/mol. The minimum atomic E-state index is -0.0571. The Kier molecular flexibility index (Phi) is 3.97. The number of ether oxygens (including phenoxy) is 1. The molecular weight excluding hydrogens is 312 g/mol. The number of allylic oxidation sites excluding steroid dienone is 4. The summed E-state index contributed by atoms with van der Waals surface area (Å²) >= 11 is 0. The van der Waals surface area contributed by atoms with Crippen LogP contribution < -0.4 is 0 Å². The van der Waals surface area contributed by atoms with E-state index in [1.54, 1.807) is 6.08 Å². The van der Waals surface area contributed by atoms with E-state index >= 15 is 0 Å². The van der Waals surface area contributed by atoms with E-state index in [9.17, 15) is 9.59 Å². The molecule has 3 fully saturated rings. The highest BCUT2D eigenvalue weighted by atomic mass is 16.5. The quantitative estimate of drug-likeness (QED) is 0.688. The highest BCUT2D eigenvalue weighted by Crippen LogP contribution is 2.64. The molecule has 0 amide bonds. The highest BCUT2D eigenvalue weighted by molar-refractivity contribution is 6.01. The fourth-order valence-electron chi connectivity index (χ4n) is 6.55. The van der Waals surface area contributed by atoms with E-state index in [1.165, 1.54) is 24.8 Å². The van der Waals surface area contributed by atoms with Crippen molar-refractivity contribution in [3.8, 4) is 0 Å². The van der Waals surface area contributed by atoms with Crippen molar-refractivity contribution >= 4 is 11.8 Å². The summed E-state index contributed by atoms with van der Waals surface area (Å²) < 4.78 is 5.73. The Morgan fingerprint density at radius 3 is 2.84 bits per heavy atom. The van der Waals surface area contributed by atoms with Crippen LogP contribution >= 0.6 is 0 Å². The third kappa shape index (κ3) is 2.62. The zero-order valence-electron chi connectivity index (χ0n) is 15.7. The van der Waals surface area contributed by atoms with E-state index in [-0.39, 0.29) is 23.3 Å². The Morgan fingerprint density at radius 2 is 2.08 bits per heavy atom. The molecule has 3 saturated carbocycles. The van der Waals surface area contributed by atoms with Gasteiger partial charge in [-0.1, -0.05) is 32.4 Å². The second-order valence-electron chi connectivity index (χ2n) is 9.20. The van der Waals surface area contributed by atoms with Crippen LogP contribution in [-0.2, 0) is 14.3 Å². The van der Waals surface area contributed by atoms with Crippen LogP contribution in [0.2, 0.25) is 0 Å². The molecule has 25 heavy (non-hydrogen) atoms. The van der Waals surface area contributed by atoms with Crippen LogP contribution in [0.4, 0.5) is 0 Å². The summed E-state index contributed by atoms with van der Waals surface area (Å²) in [7, 11) is 0. The van der Waals surface area contributed by atoms with Crippen molar-refractivity contribution in [3.05, 3.63) is 23.8 Å². The van der Waals surface area contributed by atoms with Crippen LogP contribution in [0.15, 0.2) is 23.8 Å². The molecule has 0 aromatic heterocycles. The Bertz CT molecular complexity index is 660. The van der Waals surface area contributed by atoms with E-state index in [4.69, 9.17) is 4.74 Å². The number of esters is 1. The van der Waals surface area contributed by atoms with Crippen molar-refractivity contribution in [2.75, 3.05) is 0 Å². The summed E-state index contributed by atoms with van der Waals surface area (Å²) in [4.78, 5) is 23.6. The molecular formula is C22H30O3. The van der Waals surface area contributed by atoms with E-state index in [0.29, 0.717) is 29.6 Å². The van der Waals surface area contributed by atoms with E-state index in [2.05, 4.69) is 19.9 Å². The topological polar surface area (TPSA) is 43.4 Å². The van der Waals surface area contributed by atoms with Crippen molar-refractivity contribution in [2.45, 2.75) is 71.8 Å². The largest absolute Gasteiger partial charge is 0.462 e. The van der Waals surface area contributed by atoms with E-state index in [0.717, 1.165) is 19.3 Å². The molecule has 0 unspecified atom stereocenters. The normalized spacial score (nSPS) is 45.2. The minimum Gasteiger partial charge on any atom is -0.462 e. The molecule has 4 rings (SSSR count). The van der Waals surface area contributed by atoms with Crippen LogP contribution in [0.1, 0.15) is 65.7 Å².